The Morgan fingerprint density at radius 3 is 2.19 bits per heavy atom. The fraction of sp³-hybridized carbons (Fsp3) is 0.0909. The van der Waals surface area contributed by atoms with Crippen LogP contribution in [0.25, 0.3) is 16.7 Å². The highest BCUT2D eigenvalue weighted by Crippen LogP contribution is 2.24. The number of nitrogen functional groups attached to an aromatic ring is 1. The van der Waals surface area contributed by atoms with Gasteiger partial charge in [0, 0.05) is 12.7 Å². The van der Waals surface area contributed by atoms with E-state index in [9.17, 15) is 0 Å². The molecule has 0 saturated carbocycles. The number of hydrogen-bond acceptors (Lipinski definition) is 3. The van der Waals surface area contributed by atoms with E-state index in [1.54, 1.807) is 12.3 Å². The summed E-state index contributed by atoms with van der Waals surface area (Å²) in [5.74, 6) is 0. The summed E-state index contributed by atoms with van der Waals surface area (Å²) in [5, 5.41) is 0. The monoisotopic (exact) mass is 340 g/mol. The van der Waals surface area contributed by atoms with Crippen LogP contribution in [0.15, 0.2) is 85.3 Å². The number of imidazole rings is 1. The van der Waals surface area contributed by atoms with Gasteiger partial charge in [-0.2, -0.15) is 0 Å². The molecule has 2 heterocycles. The first kappa shape index (κ1) is 16.1. The van der Waals surface area contributed by atoms with Gasteiger partial charge in [-0.15, -0.1) is 0 Å². The first-order chi connectivity index (χ1) is 12.8. The van der Waals surface area contributed by atoms with Crippen LogP contribution >= 0.6 is 0 Å². The third kappa shape index (κ3) is 3.22. The summed E-state index contributed by atoms with van der Waals surface area (Å²) in [7, 11) is 0. The standard InChI is InChI=1S/C22H20N4/c23-20-13-14-24-22-21(20)25-16-26(22)15-7-12-19(17-8-3-1-4-9-17)18-10-5-2-6-11-18/h1-6,8-14,16H,7,15H2,(H2,23,24). The number of benzene rings is 2. The first-order valence-corrected chi connectivity index (χ1v) is 8.69. The van der Waals surface area contributed by atoms with Crippen molar-refractivity contribution in [2.45, 2.75) is 13.0 Å². The summed E-state index contributed by atoms with van der Waals surface area (Å²) < 4.78 is 2.05. The largest absolute Gasteiger partial charge is 0.397 e. The van der Waals surface area contributed by atoms with Crippen molar-refractivity contribution in [3.8, 4) is 0 Å². The van der Waals surface area contributed by atoms with Gasteiger partial charge in [-0.25, -0.2) is 9.97 Å². The molecule has 0 bridgehead atoms. The maximum atomic E-state index is 5.97. The second-order valence-electron chi connectivity index (χ2n) is 6.15. The Labute approximate surface area is 152 Å². The van der Waals surface area contributed by atoms with E-state index >= 15 is 0 Å². The van der Waals surface area contributed by atoms with E-state index in [1.807, 2.05) is 18.5 Å². The molecule has 0 unspecified atom stereocenters. The van der Waals surface area contributed by atoms with Gasteiger partial charge < -0.3 is 10.3 Å². The number of aromatic nitrogens is 3. The van der Waals surface area contributed by atoms with Crippen molar-refractivity contribution in [2.75, 3.05) is 5.73 Å². The Kier molecular flexibility index (Phi) is 4.48. The summed E-state index contributed by atoms with van der Waals surface area (Å²) in [6.07, 6.45) is 6.70. The van der Waals surface area contributed by atoms with Crippen LogP contribution in [0.1, 0.15) is 17.5 Å². The number of allylic oxidation sites excluding steroid dienone is 1. The zero-order chi connectivity index (χ0) is 17.8. The SMILES string of the molecule is Nc1ccnc2c1ncn2CCC=C(c1ccccc1)c1ccccc1. The Balaban J connectivity index is 1.62. The number of pyridine rings is 1. The second kappa shape index (κ2) is 7.23. The summed E-state index contributed by atoms with van der Waals surface area (Å²) in [5.41, 5.74) is 11.9. The molecular formula is C22H20N4. The molecule has 4 aromatic rings. The lowest BCUT2D eigenvalue weighted by Gasteiger charge is -2.09. The van der Waals surface area contributed by atoms with Gasteiger partial charge in [-0.05, 0) is 29.2 Å². The number of aryl methyl sites for hydroxylation is 1. The van der Waals surface area contributed by atoms with Crippen LogP contribution in [0, 0.1) is 0 Å². The van der Waals surface area contributed by atoms with Gasteiger partial charge in [0.2, 0.25) is 0 Å². The lowest BCUT2D eigenvalue weighted by molar-refractivity contribution is 0.724. The minimum Gasteiger partial charge on any atom is -0.397 e. The lowest BCUT2D eigenvalue weighted by Crippen LogP contribution is -1.98. The molecule has 4 rings (SSSR count). The number of nitrogens with two attached hydrogens (primary N) is 1. The quantitative estimate of drug-likeness (QED) is 0.580. The molecule has 2 N–H and O–H groups in total. The maximum Gasteiger partial charge on any atom is 0.161 e. The summed E-state index contributed by atoms with van der Waals surface area (Å²) >= 11 is 0. The molecule has 0 aliphatic carbocycles. The van der Waals surface area contributed by atoms with Gasteiger partial charge in [0.1, 0.15) is 5.52 Å². The topological polar surface area (TPSA) is 56.7 Å². The highest BCUT2D eigenvalue weighted by Gasteiger charge is 2.07. The van der Waals surface area contributed by atoms with Crippen LogP contribution in [0.5, 0.6) is 0 Å². The van der Waals surface area contributed by atoms with Crippen LogP contribution in [-0.2, 0) is 6.54 Å². The van der Waals surface area contributed by atoms with Gasteiger partial charge in [-0.1, -0.05) is 66.7 Å². The molecule has 4 nitrogen and oxygen atoms in total. The van der Waals surface area contributed by atoms with Gasteiger partial charge >= 0.3 is 0 Å². The highest BCUT2D eigenvalue weighted by molar-refractivity contribution is 5.83. The molecule has 0 aliphatic heterocycles. The third-order valence-electron chi connectivity index (χ3n) is 4.42. The van der Waals surface area contributed by atoms with E-state index in [0.29, 0.717) is 5.69 Å². The molecule has 2 aromatic carbocycles. The van der Waals surface area contributed by atoms with E-state index in [1.165, 1.54) is 16.7 Å². The molecule has 0 aliphatic rings. The maximum absolute atomic E-state index is 5.97. The predicted octanol–water partition coefficient (Wildman–Crippen LogP) is 4.54. The molecule has 4 heteroatoms. The second-order valence-corrected chi connectivity index (χ2v) is 6.15. The van der Waals surface area contributed by atoms with Gasteiger partial charge in [0.05, 0.1) is 12.0 Å². The Bertz CT molecular complexity index is 992. The van der Waals surface area contributed by atoms with Crippen LogP contribution in [0.3, 0.4) is 0 Å². The lowest BCUT2D eigenvalue weighted by atomic mass is 9.97. The molecule has 26 heavy (non-hydrogen) atoms. The Morgan fingerprint density at radius 2 is 1.54 bits per heavy atom. The molecule has 0 atom stereocenters. The number of hydrogen-bond donors (Lipinski definition) is 1. The normalized spacial score (nSPS) is 10.8. The summed E-state index contributed by atoms with van der Waals surface area (Å²) in [4.78, 5) is 8.80. The minimum absolute atomic E-state index is 0.665. The van der Waals surface area contributed by atoms with Gasteiger partial charge in [0.25, 0.3) is 0 Å². The van der Waals surface area contributed by atoms with Crippen LogP contribution in [0.2, 0.25) is 0 Å². The number of anilines is 1. The molecule has 0 spiro atoms. The molecule has 0 radical (unpaired) electrons. The van der Waals surface area contributed by atoms with Crippen molar-refractivity contribution in [3.05, 3.63) is 96.5 Å². The van der Waals surface area contributed by atoms with Crippen molar-refractivity contribution < 1.29 is 0 Å². The average molecular weight is 340 g/mol. The average Bonchev–Trinajstić information content (AvgIpc) is 3.11. The van der Waals surface area contributed by atoms with E-state index in [0.717, 1.165) is 24.1 Å². The molecule has 0 fully saturated rings. The van der Waals surface area contributed by atoms with Crippen LogP contribution in [-0.4, -0.2) is 14.5 Å². The van der Waals surface area contributed by atoms with E-state index < -0.39 is 0 Å². The van der Waals surface area contributed by atoms with Crippen molar-refractivity contribution in [1.29, 1.82) is 0 Å². The Morgan fingerprint density at radius 1 is 0.885 bits per heavy atom. The van der Waals surface area contributed by atoms with Crippen LogP contribution < -0.4 is 5.73 Å². The van der Waals surface area contributed by atoms with Crippen molar-refractivity contribution in [3.63, 3.8) is 0 Å². The number of rotatable bonds is 5. The van der Waals surface area contributed by atoms with E-state index in [4.69, 9.17) is 5.73 Å². The Hall–Kier alpha value is -3.40. The number of fused-ring (bicyclic) bond motifs is 1. The van der Waals surface area contributed by atoms with Crippen molar-refractivity contribution in [1.82, 2.24) is 14.5 Å². The molecular weight excluding hydrogens is 320 g/mol. The smallest absolute Gasteiger partial charge is 0.161 e. The minimum atomic E-state index is 0.665. The fourth-order valence-corrected chi connectivity index (χ4v) is 3.13. The van der Waals surface area contributed by atoms with Crippen molar-refractivity contribution in [2.24, 2.45) is 0 Å². The molecule has 0 amide bonds. The van der Waals surface area contributed by atoms with E-state index in [2.05, 4.69) is 69.1 Å². The van der Waals surface area contributed by atoms with E-state index in [-0.39, 0.29) is 0 Å². The van der Waals surface area contributed by atoms with Gasteiger partial charge in [-0.3, -0.25) is 0 Å². The summed E-state index contributed by atoms with van der Waals surface area (Å²) in [6, 6.07) is 22.7. The predicted molar refractivity (Wildman–Crippen MR) is 107 cm³/mol. The third-order valence-corrected chi connectivity index (χ3v) is 4.42. The zero-order valence-corrected chi connectivity index (χ0v) is 14.4. The zero-order valence-electron chi connectivity index (χ0n) is 14.4. The molecule has 0 saturated heterocycles. The fourth-order valence-electron chi connectivity index (χ4n) is 3.13. The van der Waals surface area contributed by atoms with Crippen LogP contribution in [0.4, 0.5) is 5.69 Å². The molecule has 128 valence electrons. The highest BCUT2D eigenvalue weighted by atomic mass is 15.1. The van der Waals surface area contributed by atoms with Crippen molar-refractivity contribution >= 4 is 22.4 Å². The van der Waals surface area contributed by atoms with Gasteiger partial charge in [0.15, 0.2) is 5.65 Å². The number of nitrogens with zero attached hydrogens (tertiary/aromatic N) is 3. The summed E-state index contributed by atoms with van der Waals surface area (Å²) in [6.45, 7) is 0.802. The first-order valence-electron chi connectivity index (χ1n) is 8.69. The molecule has 2 aromatic heterocycles.